The van der Waals surface area contributed by atoms with Gasteiger partial charge < -0.3 is 15.4 Å². The lowest BCUT2D eigenvalue weighted by Crippen LogP contribution is -2.21. The maximum atomic E-state index is 14.0. The van der Waals surface area contributed by atoms with Crippen molar-refractivity contribution in [2.24, 2.45) is 0 Å². The molecule has 0 spiro atoms. The molecule has 33 heavy (non-hydrogen) atoms. The Morgan fingerprint density at radius 2 is 1.55 bits per heavy atom. The molecule has 3 rings (SSSR count). The number of nitrogens with zero attached hydrogens (tertiary/aromatic N) is 2. The second-order valence-corrected chi connectivity index (χ2v) is 7.11. The lowest BCUT2D eigenvalue weighted by Gasteiger charge is -2.14. The van der Waals surface area contributed by atoms with Crippen LogP contribution in [-0.2, 0) is 6.54 Å². The Balaban J connectivity index is 1.84. The summed E-state index contributed by atoms with van der Waals surface area (Å²) in [7, 11) is 0. The van der Waals surface area contributed by atoms with E-state index in [1.54, 1.807) is 6.07 Å². The van der Waals surface area contributed by atoms with Gasteiger partial charge in [-0.25, -0.2) is 22.0 Å². The number of halogens is 7. The summed E-state index contributed by atoms with van der Waals surface area (Å²) < 4.78 is 98.9. The SMILES string of the molecule is Cc1nn(Cc2c(F)c(F)c(F)c(F)c2F)c(C)c1NC(=S)Nc1ccccc1OC(F)F. The largest absolute Gasteiger partial charge is 0.433 e. The summed E-state index contributed by atoms with van der Waals surface area (Å²) in [5, 5.41) is 9.46. The van der Waals surface area contributed by atoms with Gasteiger partial charge in [0.2, 0.25) is 5.82 Å². The van der Waals surface area contributed by atoms with E-state index < -0.39 is 47.8 Å². The Morgan fingerprint density at radius 3 is 2.15 bits per heavy atom. The summed E-state index contributed by atoms with van der Waals surface area (Å²) in [6.07, 6.45) is 0. The third kappa shape index (κ3) is 5.02. The van der Waals surface area contributed by atoms with Crippen LogP contribution < -0.4 is 15.4 Å². The van der Waals surface area contributed by atoms with Crippen LogP contribution in [0.1, 0.15) is 17.0 Å². The van der Waals surface area contributed by atoms with Gasteiger partial charge in [0.25, 0.3) is 0 Å². The average molecular weight is 492 g/mol. The molecule has 0 fully saturated rings. The standard InChI is InChI=1S/C20H15F7N4OS/c1-8-18(29-20(33)28-11-5-3-4-6-12(11)32-19(26)27)9(2)31(30-8)7-10-13(21)15(23)17(25)16(24)14(10)22/h3-6,19H,7H2,1-2H3,(H2,28,29,33). The first-order valence-electron chi connectivity index (χ1n) is 9.17. The lowest BCUT2D eigenvalue weighted by atomic mass is 10.1. The van der Waals surface area contributed by atoms with Gasteiger partial charge >= 0.3 is 6.61 Å². The number of nitrogens with one attached hydrogen (secondary N) is 2. The van der Waals surface area contributed by atoms with Gasteiger partial charge in [-0.1, -0.05) is 12.1 Å². The molecule has 13 heteroatoms. The van der Waals surface area contributed by atoms with E-state index in [2.05, 4.69) is 20.5 Å². The molecular formula is C20H15F7N4OS. The number of thiocarbonyl (C=S) groups is 1. The van der Waals surface area contributed by atoms with Gasteiger partial charge in [-0.3, -0.25) is 4.68 Å². The summed E-state index contributed by atoms with van der Waals surface area (Å²) in [5.74, 6) is -10.4. The first-order chi connectivity index (χ1) is 15.5. The molecule has 0 radical (unpaired) electrons. The van der Waals surface area contributed by atoms with E-state index in [4.69, 9.17) is 12.2 Å². The van der Waals surface area contributed by atoms with E-state index in [0.29, 0.717) is 0 Å². The van der Waals surface area contributed by atoms with Crippen molar-refractivity contribution >= 4 is 28.7 Å². The minimum atomic E-state index is -3.06. The smallest absolute Gasteiger partial charge is 0.387 e. The van der Waals surface area contributed by atoms with Gasteiger partial charge in [0.05, 0.1) is 34.9 Å². The zero-order chi connectivity index (χ0) is 24.4. The van der Waals surface area contributed by atoms with Crippen LogP contribution in [0.15, 0.2) is 24.3 Å². The molecule has 0 unspecified atom stereocenters. The zero-order valence-corrected chi connectivity index (χ0v) is 17.8. The zero-order valence-electron chi connectivity index (χ0n) is 17.0. The molecule has 1 aromatic heterocycles. The van der Waals surface area contributed by atoms with Crippen molar-refractivity contribution in [3.63, 3.8) is 0 Å². The molecule has 0 bridgehead atoms. The maximum absolute atomic E-state index is 14.0. The summed E-state index contributed by atoms with van der Waals surface area (Å²) in [6.45, 7) is -0.809. The Hall–Kier alpha value is -3.35. The van der Waals surface area contributed by atoms with Crippen molar-refractivity contribution in [1.29, 1.82) is 0 Å². The molecule has 0 aliphatic carbocycles. The van der Waals surface area contributed by atoms with Gasteiger partial charge in [-0.15, -0.1) is 0 Å². The van der Waals surface area contributed by atoms with Crippen LogP contribution in [-0.4, -0.2) is 21.5 Å². The highest BCUT2D eigenvalue weighted by Gasteiger charge is 2.27. The summed E-state index contributed by atoms with van der Waals surface area (Å²) in [5.41, 5.74) is -0.0827. The third-order valence-electron chi connectivity index (χ3n) is 4.58. The van der Waals surface area contributed by atoms with Crippen LogP contribution in [0.2, 0.25) is 0 Å². The topological polar surface area (TPSA) is 51.1 Å². The van der Waals surface area contributed by atoms with Crippen molar-refractivity contribution < 1.29 is 35.5 Å². The number of hydrogen-bond acceptors (Lipinski definition) is 3. The number of aryl methyl sites for hydroxylation is 1. The number of para-hydroxylation sites is 2. The molecule has 3 aromatic rings. The van der Waals surface area contributed by atoms with Crippen LogP contribution in [0.25, 0.3) is 0 Å². The van der Waals surface area contributed by atoms with Gasteiger partial charge in [0, 0.05) is 0 Å². The molecule has 176 valence electrons. The number of hydrogen-bond donors (Lipinski definition) is 2. The Bertz CT molecular complexity index is 1190. The minimum Gasteiger partial charge on any atom is -0.433 e. The van der Waals surface area contributed by atoms with Crippen molar-refractivity contribution in [2.45, 2.75) is 27.0 Å². The molecule has 2 aromatic carbocycles. The third-order valence-corrected chi connectivity index (χ3v) is 4.78. The van der Waals surface area contributed by atoms with Crippen LogP contribution in [0.3, 0.4) is 0 Å². The second kappa shape index (κ2) is 9.65. The number of benzene rings is 2. The highest BCUT2D eigenvalue weighted by Crippen LogP contribution is 2.28. The molecule has 0 saturated heterocycles. The Morgan fingerprint density at radius 1 is 0.970 bits per heavy atom. The second-order valence-electron chi connectivity index (χ2n) is 6.71. The van der Waals surface area contributed by atoms with Gasteiger partial charge in [-0.2, -0.15) is 13.9 Å². The fourth-order valence-corrected chi connectivity index (χ4v) is 3.22. The predicted octanol–water partition coefficient (Wildman–Crippen LogP) is 5.65. The summed E-state index contributed by atoms with van der Waals surface area (Å²) in [4.78, 5) is 0. The lowest BCUT2D eigenvalue weighted by molar-refractivity contribution is -0.0493. The molecule has 5 nitrogen and oxygen atoms in total. The Kier molecular flexibility index (Phi) is 7.10. The maximum Gasteiger partial charge on any atom is 0.387 e. The molecule has 0 aliphatic rings. The first kappa shape index (κ1) is 24.3. The van der Waals surface area contributed by atoms with E-state index in [1.165, 1.54) is 32.0 Å². The monoisotopic (exact) mass is 492 g/mol. The number of alkyl halides is 2. The van der Waals surface area contributed by atoms with E-state index >= 15 is 0 Å². The normalized spacial score (nSPS) is 11.1. The van der Waals surface area contributed by atoms with Crippen LogP contribution in [0, 0.1) is 42.9 Å². The predicted molar refractivity (Wildman–Crippen MR) is 110 cm³/mol. The summed E-state index contributed by atoms with van der Waals surface area (Å²) >= 11 is 5.18. The van der Waals surface area contributed by atoms with Crippen molar-refractivity contribution in [2.75, 3.05) is 10.6 Å². The highest BCUT2D eigenvalue weighted by molar-refractivity contribution is 7.80. The van der Waals surface area contributed by atoms with E-state index in [9.17, 15) is 30.7 Å². The molecule has 0 aliphatic heterocycles. The van der Waals surface area contributed by atoms with Crippen molar-refractivity contribution in [3.05, 3.63) is 70.3 Å². The van der Waals surface area contributed by atoms with Crippen LogP contribution in [0.4, 0.5) is 42.1 Å². The molecule has 0 amide bonds. The number of rotatable bonds is 6. The van der Waals surface area contributed by atoms with E-state index in [0.717, 1.165) is 4.68 Å². The Labute approximate surface area is 188 Å². The quantitative estimate of drug-likeness (QED) is 0.202. The molecule has 0 atom stereocenters. The fourth-order valence-electron chi connectivity index (χ4n) is 3.01. The van der Waals surface area contributed by atoms with Gasteiger partial charge in [0.1, 0.15) is 5.75 Å². The number of aromatic nitrogens is 2. The van der Waals surface area contributed by atoms with Gasteiger partial charge in [-0.05, 0) is 38.2 Å². The van der Waals surface area contributed by atoms with Crippen LogP contribution >= 0.6 is 12.2 Å². The number of anilines is 2. The fraction of sp³-hybridized carbons (Fsp3) is 0.200. The van der Waals surface area contributed by atoms with Crippen LogP contribution in [0.5, 0.6) is 5.75 Å². The van der Waals surface area contributed by atoms with Crippen molar-refractivity contribution in [1.82, 2.24) is 9.78 Å². The van der Waals surface area contributed by atoms with E-state index in [-0.39, 0.29) is 33.6 Å². The average Bonchev–Trinajstić information content (AvgIpc) is 3.02. The van der Waals surface area contributed by atoms with E-state index in [1.807, 2.05) is 0 Å². The van der Waals surface area contributed by atoms with Crippen molar-refractivity contribution in [3.8, 4) is 5.75 Å². The molecule has 0 saturated carbocycles. The molecule has 1 heterocycles. The highest BCUT2D eigenvalue weighted by atomic mass is 32.1. The first-order valence-corrected chi connectivity index (χ1v) is 9.58. The summed E-state index contributed by atoms with van der Waals surface area (Å²) in [6, 6.07) is 5.78. The number of ether oxygens (including phenoxy) is 1. The minimum absolute atomic E-state index is 0.0534. The molecule has 2 N–H and O–H groups in total. The molecular weight excluding hydrogens is 477 g/mol. The van der Waals surface area contributed by atoms with Gasteiger partial charge in [0.15, 0.2) is 28.4 Å².